The normalized spacial score (nSPS) is 16.0. The molecule has 0 amide bonds. The molecule has 1 atom stereocenters. The minimum absolute atomic E-state index is 0.130. The van der Waals surface area contributed by atoms with Crippen molar-refractivity contribution in [2.24, 2.45) is 0 Å². The molecule has 144 valence electrons. The molecule has 5 rings (SSSR count). The summed E-state index contributed by atoms with van der Waals surface area (Å²) in [6.45, 7) is 3.22. The summed E-state index contributed by atoms with van der Waals surface area (Å²) in [5.41, 5.74) is 2.23. The highest BCUT2D eigenvalue weighted by atomic mass is 19.1. The summed E-state index contributed by atoms with van der Waals surface area (Å²) < 4.78 is 26.3. The molecule has 8 heteroatoms. The molecule has 3 aromatic heterocycles. The fourth-order valence-corrected chi connectivity index (χ4v) is 3.65. The molecular weight excluding hydrogens is 375 g/mol. The van der Waals surface area contributed by atoms with Crippen molar-refractivity contribution >= 4 is 11.4 Å². The van der Waals surface area contributed by atoms with Gasteiger partial charge in [0.15, 0.2) is 17.3 Å². The summed E-state index contributed by atoms with van der Waals surface area (Å²) in [6, 6.07) is 9.48. The summed E-state index contributed by atoms with van der Waals surface area (Å²) in [5, 5.41) is 4.46. The number of benzene rings is 1. The summed E-state index contributed by atoms with van der Waals surface area (Å²) >= 11 is 0. The van der Waals surface area contributed by atoms with Crippen molar-refractivity contribution in [3.05, 3.63) is 77.5 Å². The van der Waals surface area contributed by atoms with Crippen LogP contribution in [-0.2, 0) is 4.79 Å². The van der Waals surface area contributed by atoms with Gasteiger partial charge in [-0.1, -0.05) is 0 Å². The SMILES string of the molecule is CC(=O)C1=C(C)Oc2ncn3nc(-c4ccc(F)cc4)nc3c2[C@@H]1c1ccco1. The Balaban J connectivity index is 1.76. The van der Waals surface area contributed by atoms with E-state index in [1.807, 2.05) is 0 Å². The van der Waals surface area contributed by atoms with Crippen LogP contribution in [0.1, 0.15) is 31.1 Å². The van der Waals surface area contributed by atoms with E-state index in [1.165, 1.54) is 29.9 Å². The van der Waals surface area contributed by atoms with E-state index in [2.05, 4.69) is 15.1 Å². The van der Waals surface area contributed by atoms with Gasteiger partial charge in [0.25, 0.3) is 0 Å². The molecule has 1 aliphatic rings. The molecule has 7 nitrogen and oxygen atoms in total. The molecular formula is C21H15FN4O3. The quantitative estimate of drug-likeness (QED) is 0.527. The van der Waals surface area contributed by atoms with Crippen molar-refractivity contribution in [3.63, 3.8) is 0 Å². The monoisotopic (exact) mass is 390 g/mol. The fraction of sp³-hybridized carbons (Fsp3) is 0.143. The number of Topliss-reactive ketones (excluding diaryl/α,β-unsaturated/α-hetero) is 1. The zero-order chi connectivity index (χ0) is 20.1. The van der Waals surface area contributed by atoms with Gasteiger partial charge in [0.1, 0.15) is 23.7 Å². The second kappa shape index (κ2) is 6.37. The van der Waals surface area contributed by atoms with Gasteiger partial charge in [-0.3, -0.25) is 4.79 Å². The summed E-state index contributed by atoms with van der Waals surface area (Å²) in [5.74, 6) is 0.826. The number of aromatic nitrogens is 4. The van der Waals surface area contributed by atoms with Gasteiger partial charge in [-0.15, -0.1) is 5.10 Å². The van der Waals surface area contributed by atoms with Crippen LogP contribution in [0.2, 0.25) is 0 Å². The molecule has 29 heavy (non-hydrogen) atoms. The number of furan rings is 1. The molecule has 4 aromatic rings. The van der Waals surface area contributed by atoms with Crippen molar-refractivity contribution < 1.29 is 18.3 Å². The highest BCUT2D eigenvalue weighted by molar-refractivity contribution is 5.97. The maximum absolute atomic E-state index is 13.3. The van der Waals surface area contributed by atoms with Crippen molar-refractivity contribution in [3.8, 4) is 17.3 Å². The van der Waals surface area contributed by atoms with Crippen LogP contribution in [0, 0.1) is 5.82 Å². The average Bonchev–Trinajstić information content (AvgIpc) is 3.37. The lowest BCUT2D eigenvalue weighted by Crippen LogP contribution is -2.21. The third-order valence-electron chi connectivity index (χ3n) is 4.90. The standard InChI is InChI=1S/C21H15FN4O3/c1-11(27)16-12(2)29-21-18(17(16)15-4-3-9-28-15)20-24-19(25-26(20)10-23-21)13-5-7-14(22)8-6-13/h3-10,17H,1-2H3/t17-/m1/s1. The van der Waals surface area contributed by atoms with Crippen LogP contribution in [0.3, 0.4) is 0 Å². The molecule has 4 heterocycles. The third-order valence-corrected chi connectivity index (χ3v) is 4.90. The number of fused-ring (bicyclic) bond motifs is 3. The van der Waals surface area contributed by atoms with Crippen LogP contribution in [0.15, 0.2) is 64.7 Å². The number of hydrogen-bond donors (Lipinski definition) is 0. The minimum Gasteiger partial charge on any atom is -0.468 e. The smallest absolute Gasteiger partial charge is 0.228 e. The van der Waals surface area contributed by atoms with Gasteiger partial charge in [0.05, 0.1) is 17.7 Å². The number of carbonyl (C=O) groups is 1. The largest absolute Gasteiger partial charge is 0.468 e. The van der Waals surface area contributed by atoms with E-state index < -0.39 is 5.92 Å². The van der Waals surface area contributed by atoms with Crippen molar-refractivity contribution in [2.75, 3.05) is 0 Å². The lowest BCUT2D eigenvalue weighted by Gasteiger charge is -2.26. The molecule has 0 unspecified atom stereocenters. The van der Waals surface area contributed by atoms with Gasteiger partial charge < -0.3 is 9.15 Å². The van der Waals surface area contributed by atoms with E-state index in [0.717, 1.165) is 0 Å². The average molecular weight is 390 g/mol. The minimum atomic E-state index is -0.521. The van der Waals surface area contributed by atoms with E-state index in [-0.39, 0.29) is 11.6 Å². The summed E-state index contributed by atoms with van der Waals surface area (Å²) in [6.07, 6.45) is 3.05. The van der Waals surface area contributed by atoms with Gasteiger partial charge in [0, 0.05) is 11.1 Å². The van der Waals surface area contributed by atoms with Crippen molar-refractivity contribution in [2.45, 2.75) is 19.8 Å². The van der Waals surface area contributed by atoms with Crippen LogP contribution in [0.5, 0.6) is 5.88 Å². The van der Waals surface area contributed by atoms with Crippen molar-refractivity contribution in [1.29, 1.82) is 0 Å². The predicted molar refractivity (Wildman–Crippen MR) is 101 cm³/mol. The van der Waals surface area contributed by atoms with Crippen LogP contribution < -0.4 is 4.74 Å². The number of ketones is 1. The predicted octanol–water partition coefficient (Wildman–Crippen LogP) is 3.91. The van der Waals surface area contributed by atoms with Crippen LogP contribution in [-0.4, -0.2) is 25.4 Å². The molecule has 1 aromatic carbocycles. The first kappa shape index (κ1) is 17.3. The second-order valence-electron chi connectivity index (χ2n) is 6.75. The number of rotatable bonds is 3. The van der Waals surface area contributed by atoms with Crippen LogP contribution in [0.25, 0.3) is 17.0 Å². The fourth-order valence-electron chi connectivity index (χ4n) is 3.65. The van der Waals surface area contributed by atoms with E-state index >= 15 is 0 Å². The number of halogens is 1. The molecule has 0 radical (unpaired) electrons. The molecule has 0 saturated heterocycles. The van der Waals surface area contributed by atoms with Gasteiger partial charge in [0.2, 0.25) is 5.88 Å². The topological polar surface area (TPSA) is 82.5 Å². The number of carbonyl (C=O) groups excluding carboxylic acids is 1. The Hall–Kier alpha value is -3.81. The van der Waals surface area contributed by atoms with Crippen molar-refractivity contribution in [1.82, 2.24) is 19.6 Å². The van der Waals surface area contributed by atoms with Crippen LogP contribution >= 0.6 is 0 Å². The molecule has 0 spiro atoms. The van der Waals surface area contributed by atoms with Gasteiger partial charge in [-0.25, -0.2) is 18.9 Å². The number of ether oxygens (including phenoxy) is 1. The first-order valence-electron chi connectivity index (χ1n) is 8.97. The Kier molecular flexibility index (Phi) is 3.80. The summed E-state index contributed by atoms with van der Waals surface area (Å²) in [4.78, 5) is 21.4. The molecule has 0 saturated carbocycles. The first-order chi connectivity index (χ1) is 14.0. The van der Waals surface area contributed by atoms with E-state index in [4.69, 9.17) is 9.15 Å². The van der Waals surface area contributed by atoms with E-state index in [1.54, 1.807) is 37.5 Å². The zero-order valence-corrected chi connectivity index (χ0v) is 15.6. The number of allylic oxidation sites excluding steroid dienone is 2. The Morgan fingerprint density at radius 3 is 2.69 bits per heavy atom. The number of hydrogen-bond acceptors (Lipinski definition) is 6. The highest BCUT2D eigenvalue weighted by Gasteiger charge is 2.37. The van der Waals surface area contributed by atoms with Crippen LogP contribution in [0.4, 0.5) is 4.39 Å². The Labute approximate surface area is 164 Å². The van der Waals surface area contributed by atoms with E-state index in [0.29, 0.717) is 45.6 Å². The highest BCUT2D eigenvalue weighted by Crippen LogP contribution is 2.44. The Morgan fingerprint density at radius 2 is 2.00 bits per heavy atom. The molecule has 1 aliphatic heterocycles. The van der Waals surface area contributed by atoms with E-state index in [9.17, 15) is 9.18 Å². The maximum atomic E-state index is 13.3. The third kappa shape index (κ3) is 2.72. The lowest BCUT2D eigenvalue weighted by atomic mass is 9.85. The zero-order valence-electron chi connectivity index (χ0n) is 15.6. The van der Waals surface area contributed by atoms with Gasteiger partial charge in [-0.2, -0.15) is 0 Å². The second-order valence-corrected chi connectivity index (χ2v) is 6.75. The maximum Gasteiger partial charge on any atom is 0.228 e. The molecule has 0 aliphatic carbocycles. The summed E-state index contributed by atoms with van der Waals surface area (Å²) in [7, 11) is 0. The number of nitrogens with zero attached hydrogens (tertiary/aromatic N) is 4. The Morgan fingerprint density at radius 1 is 1.21 bits per heavy atom. The molecule has 0 fully saturated rings. The lowest BCUT2D eigenvalue weighted by molar-refractivity contribution is -0.114. The van der Waals surface area contributed by atoms with Gasteiger partial charge >= 0.3 is 0 Å². The molecule has 0 N–H and O–H groups in total. The first-order valence-corrected chi connectivity index (χ1v) is 8.97. The van der Waals surface area contributed by atoms with Gasteiger partial charge in [-0.05, 0) is 50.2 Å². The molecule has 0 bridgehead atoms. The Bertz CT molecular complexity index is 1270.